The maximum absolute atomic E-state index is 11.5. The van der Waals surface area contributed by atoms with E-state index < -0.39 is 0 Å². The molecule has 1 aromatic carbocycles. The number of hydrogen-bond acceptors (Lipinski definition) is 4. The van der Waals surface area contributed by atoms with Gasteiger partial charge in [0.15, 0.2) is 5.75 Å². The number of phenols is 1. The van der Waals surface area contributed by atoms with Crippen LogP contribution < -0.4 is 11.1 Å². The van der Waals surface area contributed by atoms with E-state index in [1.54, 1.807) is 13.2 Å². The van der Waals surface area contributed by atoms with Gasteiger partial charge >= 0.3 is 0 Å². The second-order valence-corrected chi connectivity index (χ2v) is 2.99. The number of phenolic OH excluding ortho intramolecular Hbond substituents is 1. The van der Waals surface area contributed by atoms with Crippen LogP contribution in [0.2, 0.25) is 0 Å². The van der Waals surface area contributed by atoms with Crippen molar-refractivity contribution in [3.8, 4) is 5.75 Å². The van der Waals surface area contributed by atoms with Gasteiger partial charge in [-0.1, -0.05) is 6.07 Å². The van der Waals surface area contributed by atoms with Gasteiger partial charge in [-0.05, 0) is 12.1 Å². The quantitative estimate of drug-likeness (QED) is 0.380. The lowest BCUT2D eigenvalue weighted by atomic mass is 10.1. The van der Waals surface area contributed by atoms with Gasteiger partial charge in [-0.25, -0.2) is 0 Å². The monoisotopic (exact) mass is 210 g/mol. The largest absolute Gasteiger partial charge is 0.505 e. The molecule has 0 aliphatic heterocycles. The maximum atomic E-state index is 11.5. The third-order valence-corrected chi connectivity index (χ3v) is 1.90. The number of aromatic hydroxyl groups is 1. The van der Waals surface area contributed by atoms with Crippen LogP contribution in [0, 0.1) is 0 Å². The zero-order valence-electron chi connectivity index (χ0n) is 8.49. The first-order chi connectivity index (χ1) is 7.16. The molecule has 0 saturated carbocycles. The Morgan fingerprint density at radius 2 is 2.33 bits per heavy atom. The number of methoxy groups -OCH3 is 1. The molecular weight excluding hydrogens is 196 g/mol. The van der Waals surface area contributed by atoms with E-state index in [0.717, 1.165) is 0 Å². The molecule has 0 aliphatic rings. The summed E-state index contributed by atoms with van der Waals surface area (Å²) >= 11 is 0. The van der Waals surface area contributed by atoms with Crippen LogP contribution in [-0.2, 0) is 4.74 Å². The van der Waals surface area contributed by atoms with Crippen LogP contribution in [0.15, 0.2) is 18.2 Å². The molecule has 82 valence electrons. The summed E-state index contributed by atoms with van der Waals surface area (Å²) in [6.07, 6.45) is 0. The van der Waals surface area contributed by atoms with E-state index in [-0.39, 0.29) is 22.9 Å². The van der Waals surface area contributed by atoms with E-state index >= 15 is 0 Å². The Morgan fingerprint density at radius 3 is 3.00 bits per heavy atom. The number of carbonyl (C=O) groups excluding carboxylic acids is 1. The highest BCUT2D eigenvalue weighted by Gasteiger charge is 2.11. The predicted octanol–water partition coefficient (Wildman–Crippen LogP) is 0.351. The molecule has 0 aromatic heterocycles. The summed E-state index contributed by atoms with van der Waals surface area (Å²) in [7, 11) is 1.55. The molecule has 0 fully saturated rings. The lowest BCUT2D eigenvalue weighted by Gasteiger charge is -2.07. The smallest absolute Gasteiger partial charge is 0.255 e. The fourth-order valence-corrected chi connectivity index (χ4v) is 1.11. The Balaban J connectivity index is 2.69. The number of nitrogen functional groups attached to an aromatic ring is 1. The molecule has 0 unspecified atom stereocenters. The average Bonchev–Trinajstić information content (AvgIpc) is 2.22. The molecule has 0 atom stereocenters. The molecule has 0 heterocycles. The van der Waals surface area contributed by atoms with E-state index in [1.165, 1.54) is 12.1 Å². The Morgan fingerprint density at radius 1 is 1.60 bits per heavy atom. The van der Waals surface area contributed by atoms with Gasteiger partial charge in [0.25, 0.3) is 5.91 Å². The van der Waals surface area contributed by atoms with Gasteiger partial charge in [0.05, 0.1) is 17.9 Å². The van der Waals surface area contributed by atoms with Crippen LogP contribution in [-0.4, -0.2) is 31.3 Å². The lowest BCUT2D eigenvalue weighted by Crippen LogP contribution is -2.27. The molecule has 0 spiro atoms. The van der Waals surface area contributed by atoms with Crippen molar-refractivity contribution in [2.75, 3.05) is 26.0 Å². The first-order valence-corrected chi connectivity index (χ1v) is 4.51. The van der Waals surface area contributed by atoms with E-state index in [9.17, 15) is 9.90 Å². The Kier molecular flexibility index (Phi) is 3.93. The van der Waals surface area contributed by atoms with Crippen molar-refractivity contribution in [1.82, 2.24) is 5.32 Å². The molecule has 0 aliphatic carbocycles. The predicted molar refractivity (Wildman–Crippen MR) is 56.7 cm³/mol. The lowest BCUT2D eigenvalue weighted by molar-refractivity contribution is 0.0934. The number of carbonyl (C=O) groups is 1. The number of amides is 1. The van der Waals surface area contributed by atoms with Crippen LogP contribution in [0.25, 0.3) is 0 Å². The van der Waals surface area contributed by atoms with Crippen LogP contribution in [0.4, 0.5) is 5.69 Å². The molecule has 5 nitrogen and oxygen atoms in total. The van der Waals surface area contributed by atoms with Crippen molar-refractivity contribution in [3.05, 3.63) is 23.8 Å². The van der Waals surface area contributed by atoms with Gasteiger partial charge < -0.3 is 20.9 Å². The van der Waals surface area contributed by atoms with Crippen molar-refractivity contribution in [2.24, 2.45) is 0 Å². The number of anilines is 1. The Bertz CT molecular complexity index is 353. The summed E-state index contributed by atoms with van der Waals surface area (Å²) < 4.78 is 4.78. The zero-order chi connectivity index (χ0) is 11.3. The molecular formula is C10H14N2O3. The highest BCUT2D eigenvalue weighted by Crippen LogP contribution is 2.23. The molecule has 1 amide bonds. The standard InChI is InChI=1S/C10H14N2O3/c1-15-6-5-12-10(14)7-3-2-4-8(11)9(7)13/h2-4,13H,5-6,11H2,1H3,(H,12,14). The molecule has 15 heavy (non-hydrogen) atoms. The fourth-order valence-electron chi connectivity index (χ4n) is 1.11. The second-order valence-electron chi connectivity index (χ2n) is 2.99. The van der Waals surface area contributed by atoms with E-state index in [4.69, 9.17) is 10.5 Å². The molecule has 0 saturated heterocycles. The number of rotatable bonds is 4. The minimum atomic E-state index is -0.364. The summed E-state index contributed by atoms with van der Waals surface area (Å²) in [6, 6.07) is 4.65. The number of nitrogens with one attached hydrogen (secondary N) is 1. The van der Waals surface area contributed by atoms with Crippen LogP contribution >= 0.6 is 0 Å². The van der Waals surface area contributed by atoms with Crippen molar-refractivity contribution < 1.29 is 14.6 Å². The van der Waals surface area contributed by atoms with Crippen LogP contribution in [0.5, 0.6) is 5.75 Å². The summed E-state index contributed by atoms with van der Waals surface area (Å²) in [5.74, 6) is -0.552. The topological polar surface area (TPSA) is 84.6 Å². The third-order valence-electron chi connectivity index (χ3n) is 1.90. The molecule has 0 radical (unpaired) electrons. The summed E-state index contributed by atoms with van der Waals surface area (Å²) in [4.78, 5) is 11.5. The second kappa shape index (κ2) is 5.21. The maximum Gasteiger partial charge on any atom is 0.255 e. The number of para-hydroxylation sites is 1. The SMILES string of the molecule is COCCNC(=O)c1cccc(N)c1O. The first kappa shape index (κ1) is 11.3. The summed E-state index contributed by atoms with van der Waals surface area (Å²) in [5, 5.41) is 12.1. The molecule has 4 N–H and O–H groups in total. The van der Waals surface area contributed by atoms with Gasteiger partial charge in [-0.15, -0.1) is 0 Å². The first-order valence-electron chi connectivity index (χ1n) is 4.51. The van der Waals surface area contributed by atoms with Gasteiger partial charge in [-0.3, -0.25) is 4.79 Å². The zero-order valence-corrected chi connectivity index (χ0v) is 8.49. The van der Waals surface area contributed by atoms with Crippen molar-refractivity contribution in [3.63, 3.8) is 0 Å². The molecule has 1 aromatic rings. The normalized spacial score (nSPS) is 9.93. The minimum absolute atomic E-state index is 0.172. The average molecular weight is 210 g/mol. The van der Waals surface area contributed by atoms with E-state index in [0.29, 0.717) is 13.2 Å². The highest BCUT2D eigenvalue weighted by molar-refractivity contribution is 5.98. The Hall–Kier alpha value is -1.75. The van der Waals surface area contributed by atoms with E-state index in [2.05, 4.69) is 5.32 Å². The van der Waals surface area contributed by atoms with Crippen molar-refractivity contribution in [1.29, 1.82) is 0 Å². The van der Waals surface area contributed by atoms with Gasteiger partial charge in [-0.2, -0.15) is 0 Å². The van der Waals surface area contributed by atoms with Gasteiger partial charge in [0.1, 0.15) is 0 Å². The number of hydrogen-bond donors (Lipinski definition) is 3. The summed E-state index contributed by atoms with van der Waals surface area (Å²) in [6.45, 7) is 0.818. The molecule has 0 bridgehead atoms. The summed E-state index contributed by atoms with van der Waals surface area (Å²) in [5.41, 5.74) is 5.82. The van der Waals surface area contributed by atoms with Crippen molar-refractivity contribution >= 4 is 11.6 Å². The number of ether oxygens (including phenoxy) is 1. The van der Waals surface area contributed by atoms with E-state index in [1.807, 2.05) is 0 Å². The van der Waals surface area contributed by atoms with Crippen LogP contribution in [0.3, 0.4) is 0 Å². The van der Waals surface area contributed by atoms with Crippen molar-refractivity contribution in [2.45, 2.75) is 0 Å². The third kappa shape index (κ3) is 2.85. The fraction of sp³-hybridized carbons (Fsp3) is 0.300. The van der Waals surface area contributed by atoms with Gasteiger partial charge in [0.2, 0.25) is 0 Å². The molecule has 1 rings (SSSR count). The highest BCUT2D eigenvalue weighted by atomic mass is 16.5. The Labute approximate surface area is 87.9 Å². The minimum Gasteiger partial charge on any atom is -0.505 e. The van der Waals surface area contributed by atoms with Crippen LogP contribution in [0.1, 0.15) is 10.4 Å². The molecule has 5 heteroatoms. The van der Waals surface area contributed by atoms with Gasteiger partial charge in [0, 0.05) is 13.7 Å². The number of nitrogens with two attached hydrogens (primary N) is 1. The number of benzene rings is 1.